The van der Waals surface area contributed by atoms with E-state index in [0.717, 1.165) is 36.8 Å². The van der Waals surface area contributed by atoms with Crippen molar-refractivity contribution >= 4 is 17.0 Å². The first-order valence-corrected chi connectivity index (χ1v) is 6.03. The van der Waals surface area contributed by atoms with Crippen molar-refractivity contribution in [1.82, 2.24) is 15.1 Å². The van der Waals surface area contributed by atoms with Crippen LogP contribution in [0, 0.1) is 0 Å². The Labute approximate surface area is 105 Å². The number of nitrogens with zero attached hydrogens (tertiary/aromatic N) is 3. The number of hydrogen-bond donors (Lipinski definition) is 2. The molecule has 2 N–H and O–H groups in total. The zero-order chi connectivity index (χ0) is 12.8. The number of nitrogens with one attached hydrogen (secondary N) is 1. The lowest BCUT2D eigenvalue weighted by Gasteiger charge is -2.05. The van der Waals surface area contributed by atoms with Gasteiger partial charge in [0.1, 0.15) is 11.0 Å². The second-order valence-electron chi connectivity index (χ2n) is 4.10. The molecule has 2 aromatic rings. The van der Waals surface area contributed by atoms with E-state index >= 15 is 0 Å². The summed E-state index contributed by atoms with van der Waals surface area (Å²) in [5, 5.41) is 16.5. The fourth-order valence-corrected chi connectivity index (χ4v) is 1.75. The topological polar surface area (TPSA) is 80.0 Å². The van der Waals surface area contributed by atoms with E-state index in [0.29, 0.717) is 0 Å². The van der Waals surface area contributed by atoms with E-state index in [-0.39, 0.29) is 6.42 Å². The number of rotatable bonds is 7. The van der Waals surface area contributed by atoms with E-state index in [1.54, 1.807) is 4.79 Å². The molecule has 0 atom stereocenters. The van der Waals surface area contributed by atoms with Crippen molar-refractivity contribution in [3.8, 4) is 0 Å². The van der Waals surface area contributed by atoms with E-state index < -0.39 is 5.97 Å². The minimum Gasteiger partial charge on any atom is -0.481 e. The van der Waals surface area contributed by atoms with Gasteiger partial charge in [-0.1, -0.05) is 18.6 Å². The van der Waals surface area contributed by atoms with Crippen LogP contribution >= 0.6 is 0 Å². The number of unbranched alkanes of at least 4 members (excludes halogenated alkanes) is 2. The van der Waals surface area contributed by atoms with E-state index in [9.17, 15) is 4.79 Å². The second kappa shape index (κ2) is 6.00. The Bertz CT molecular complexity index is 524. The third-order valence-electron chi connectivity index (χ3n) is 2.68. The number of aromatic nitrogens is 3. The highest BCUT2D eigenvalue weighted by Crippen LogP contribution is 2.08. The van der Waals surface area contributed by atoms with Crippen LogP contribution in [0.4, 0.5) is 0 Å². The molecule has 2 rings (SSSR count). The van der Waals surface area contributed by atoms with Crippen molar-refractivity contribution < 1.29 is 9.90 Å². The molecule has 0 radical (unpaired) electrons. The van der Waals surface area contributed by atoms with Crippen molar-refractivity contribution in [2.75, 3.05) is 12.0 Å². The molecule has 0 saturated heterocycles. The molecule has 1 aromatic carbocycles. The fraction of sp³-hybridized carbons (Fsp3) is 0.417. The molecule has 18 heavy (non-hydrogen) atoms. The molecule has 0 bridgehead atoms. The van der Waals surface area contributed by atoms with Crippen molar-refractivity contribution in [3.05, 3.63) is 24.3 Å². The molecular formula is C12H16N4O2. The molecule has 0 saturated carbocycles. The maximum absolute atomic E-state index is 10.3. The first-order valence-electron chi connectivity index (χ1n) is 6.03. The molecule has 96 valence electrons. The van der Waals surface area contributed by atoms with Crippen LogP contribution < -0.4 is 5.43 Å². The summed E-state index contributed by atoms with van der Waals surface area (Å²) >= 11 is 0. The minimum atomic E-state index is -0.731. The SMILES string of the molecule is O=C(O)CCCCCNn1nnc2ccccc21. The van der Waals surface area contributed by atoms with Crippen LogP contribution in [-0.4, -0.2) is 32.7 Å². The first-order chi connectivity index (χ1) is 8.77. The Morgan fingerprint density at radius 1 is 1.28 bits per heavy atom. The van der Waals surface area contributed by atoms with E-state index in [4.69, 9.17) is 5.11 Å². The molecule has 0 aliphatic heterocycles. The number of hydrogen-bond acceptors (Lipinski definition) is 4. The van der Waals surface area contributed by atoms with E-state index in [1.165, 1.54) is 0 Å². The number of benzene rings is 1. The Balaban J connectivity index is 1.75. The number of para-hydroxylation sites is 1. The highest BCUT2D eigenvalue weighted by Gasteiger charge is 2.01. The molecular weight excluding hydrogens is 232 g/mol. The van der Waals surface area contributed by atoms with Crippen LogP contribution in [0.25, 0.3) is 11.0 Å². The second-order valence-corrected chi connectivity index (χ2v) is 4.10. The van der Waals surface area contributed by atoms with Crippen molar-refractivity contribution in [2.45, 2.75) is 25.7 Å². The Hall–Kier alpha value is -2.11. The van der Waals surface area contributed by atoms with Crippen LogP contribution in [0.3, 0.4) is 0 Å². The highest BCUT2D eigenvalue weighted by atomic mass is 16.4. The van der Waals surface area contributed by atoms with Gasteiger partial charge in [-0.2, -0.15) is 4.79 Å². The van der Waals surface area contributed by atoms with Gasteiger partial charge in [0.2, 0.25) is 0 Å². The summed E-state index contributed by atoms with van der Waals surface area (Å²) in [6.45, 7) is 0.757. The number of carbonyl (C=O) groups is 1. The lowest BCUT2D eigenvalue weighted by atomic mass is 10.2. The smallest absolute Gasteiger partial charge is 0.303 e. The van der Waals surface area contributed by atoms with Gasteiger partial charge < -0.3 is 10.5 Å². The van der Waals surface area contributed by atoms with Gasteiger partial charge in [0.25, 0.3) is 0 Å². The number of fused-ring (bicyclic) bond motifs is 1. The van der Waals surface area contributed by atoms with Gasteiger partial charge >= 0.3 is 5.97 Å². The number of aliphatic carboxylic acids is 1. The normalized spacial score (nSPS) is 10.7. The molecule has 0 unspecified atom stereocenters. The Morgan fingerprint density at radius 3 is 2.94 bits per heavy atom. The van der Waals surface area contributed by atoms with Gasteiger partial charge in [0.05, 0.1) is 0 Å². The average Bonchev–Trinajstić information content (AvgIpc) is 2.77. The van der Waals surface area contributed by atoms with Gasteiger partial charge in [0.15, 0.2) is 0 Å². The molecule has 0 amide bonds. The van der Waals surface area contributed by atoms with Crippen molar-refractivity contribution in [1.29, 1.82) is 0 Å². The third kappa shape index (κ3) is 3.19. The largest absolute Gasteiger partial charge is 0.481 e. The van der Waals surface area contributed by atoms with Crippen LogP contribution in [0.1, 0.15) is 25.7 Å². The van der Waals surface area contributed by atoms with Gasteiger partial charge in [-0.05, 0) is 30.2 Å². The number of carboxylic acids is 1. The Morgan fingerprint density at radius 2 is 2.11 bits per heavy atom. The van der Waals surface area contributed by atoms with Crippen LogP contribution in [-0.2, 0) is 4.79 Å². The fourth-order valence-electron chi connectivity index (χ4n) is 1.75. The maximum Gasteiger partial charge on any atom is 0.303 e. The molecule has 0 aliphatic carbocycles. The summed E-state index contributed by atoms with van der Waals surface area (Å²) in [5.74, 6) is -0.731. The summed E-state index contributed by atoms with van der Waals surface area (Å²) in [4.78, 5) is 12.0. The minimum absolute atomic E-state index is 0.242. The van der Waals surface area contributed by atoms with Crippen LogP contribution in [0.15, 0.2) is 24.3 Å². The molecule has 0 fully saturated rings. The maximum atomic E-state index is 10.3. The summed E-state index contributed by atoms with van der Waals surface area (Å²) < 4.78 is 0. The average molecular weight is 248 g/mol. The number of carboxylic acid groups (broad SMARTS) is 1. The van der Waals surface area contributed by atoms with Crippen molar-refractivity contribution in [2.24, 2.45) is 0 Å². The summed E-state index contributed by atoms with van der Waals surface area (Å²) in [7, 11) is 0. The molecule has 6 heteroatoms. The van der Waals surface area contributed by atoms with Gasteiger partial charge in [-0.15, -0.1) is 5.10 Å². The summed E-state index contributed by atoms with van der Waals surface area (Å²) in [5.41, 5.74) is 4.96. The summed E-state index contributed by atoms with van der Waals surface area (Å²) in [6.07, 6.45) is 2.77. The third-order valence-corrected chi connectivity index (χ3v) is 2.68. The van der Waals surface area contributed by atoms with Gasteiger partial charge in [-0.25, -0.2) is 0 Å². The van der Waals surface area contributed by atoms with Crippen LogP contribution in [0.2, 0.25) is 0 Å². The lowest BCUT2D eigenvalue weighted by molar-refractivity contribution is -0.137. The predicted octanol–water partition coefficient (Wildman–Crippen LogP) is 1.62. The molecule has 0 spiro atoms. The quantitative estimate of drug-likeness (QED) is 0.728. The first kappa shape index (κ1) is 12.3. The molecule has 1 heterocycles. The standard InChI is InChI=1S/C12H16N4O2/c17-12(18)8-2-1-5-9-13-16-11-7-4-3-6-10(11)14-15-16/h3-4,6-7,13H,1-2,5,8-9H2,(H,17,18). The predicted molar refractivity (Wildman–Crippen MR) is 67.9 cm³/mol. The summed E-state index contributed by atoms with van der Waals surface area (Å²) in [6, 6.07) is 7.73. The zero-order valence-electron chi connectivity index (χ0n) is 10.0. The van der Waals surface area contributed by atoms with E-state index in [2.05, 4.69) is 15.7 Å². The van der Waals surface area contributed by atoms with Crippen LogP contribution in [0.5, 0.6) is 0 Å². The van der Waals surface area contributed by atoms with E-state index in [1.807, 2.05) is 24.3 Å². The molecule has 6 nitrogen and oxygen atoms in total. The van der Waals surface area contributed by atoms with Gasteiger partial charge in [0, 0.05) is 13.0 Å². The molecule has 0 aliphatic rings. The monoisotopic (exact) mass is 248 g/mol. The molecule has 1 aromatic heterocycles. The Kier molecular flexibility index (Phi) is 4.11. The van der Waals surface area contributed by atoms with Crippen molar-refractivity contribution in [3.63, 3.8) is 0 Å². The highest BCUT2D eigenvalue weighted by molar-refractivity contribution is 5.74. The van der Waals surface area contributed by atoms with Gasteiger partial charge in [-0.3, -0.25) is 4.79 Å². The zero-order valence-corrected chi connectivity index (χ0v) is 10.0. The lowest BCUT2D eigenvalue weighted by Crippen LogP contribution is -2.17.